The van der Waals surface area contributed by atoms with E-state index < -0.39 is 0 Å². The second-order valence-corrected chi connectivity index (χ2v) is 3.60. The van der Waals surface area contributed by atoms with Gasteiger partial charge in [0, 0.05) is 24.0 Å². The fraction of sp³-hybridized carbons (Fsp3) is 0.455. The first-order valence-electron chi connectivity index (χ1n) is 4.53. The molecule has 2 heteroatoms. The number of rotatable bonds is 0. The molecule has 1 heterocycles. The number of ether oxygens (including phenoxy) is 1. The Morgan fingerprint density at radius 2 is 2.38 bits per heavy atom. The summed E-state index contributed by atoms with van der Waals surface area (Å²) in [5.74, 6) is 2.88. The summed E-state index contributed by atoms with van der Waals surface area (Å²) in [4.78, 5) is 10.6. The smallest absolute Gasteiger partial charge is 0.128 e. The summed E-state index contributed by atoms with van der Waals surface area (Å²) in [6, 6.07) is 0. The largest absolute Gasteiger partial charge is 0.490 e. The molecule has 0 aromatic carbocycles. The highest BCUT2D eigenvalue weighted by atomic mass is 16.5. The summed E-state index contributed by atoms with van der Waals surface area (Å²) in [6.07, 6.45) is 4.01. The van der Waals surface area contributed by atoms with E-state index in [1.165, 1.54) is 5.57 Å². The molecule has 0 aromatic rings. The molecule has 0 bridgehead atoms. The van der Waals surface area contributed by atoms with Crippen molar-refractivity contribution >= 4 is 5.94 Å². The van der Waals surface area contributed by atoms with E-state index in [-0.39, 0.29) is 6.10 Å². The average molecular weight is 176 g/mol. The van der Waals surface area contributed by atoms with Gasteiger partial charge in [-0.25, -0.2) is 4.79 Å². The minimum Gasteiger partial charge on any atom is -0.490 e. The highest BCUT2D eigenvalue weighted by Crippen LogP contribution is 2.37. The van der Waals surface area contributed by atoms with Gasteiger partial charge in [0.1, 0.15) is 17.8 Å². The molecule has 2 aliphatic rings. The summed E-state index contributed by atoms with van der Waals surface area (Å²) < 4.78 is 5.62. The summed E-state index contributed by atoms with van der Waals surface area (Å²) >= 11 is 0. The van der Waals surface area contributed by atoms with Gasteiger partial charge in [-0.05, 0) is 19.4 Å². The van der Waals surface area contributed by atoms with Crippen LogP contribution in [0.5, 0.6) is 0 Å². The van der Waals surface area contributed by atoms with E-state index in [1.807, 2.05) is 19.8 Å². The molecule has 0 radical (unpaired) electrons. The molecular weight excluding hydrogens is 164 g/mol. The van der Waals surface area contributed by atoms with Crippen molar-refractivity contribution in [1.82, 2.24) is 0 Å². The van der Waals surface area contributed by atoms with Gasteiger partial charge < -0.3 is 4.74 Å². The van der Waals surface area contributed by atoms with Crippen LogP contribution in [0.4, 0.5) is 0 Å². The molecule has 13 heavy (non-hydrogen) atoms. The third-order valence-corrected chi connectivity index (χ3v) is 2.59. The van der Waals surface area contributed by atoms with E-state index in [0.717, 1.165) is 23.3 Å². The molecule has 1 aliphatic carbocycles. The van der Waals surface area contributed by atoms with Crippen LogP contribution in [0.25, 0.3) is 0 Å². The van der Waals surface area contributed by atoms with Crippen molar-refractivity contribution in [2.75, 3.05) is 0 Å². The summed E-state index contributed by atoms with van der Waals surface area (Å²) in [5, 5.41) is 0. The number of carbonyl (C=O) groups excluding carboxylic acids is 1. The molecule has 1 aliphatic heterocycles. The van der Waals surface area contributed by atoms with Gasteiger partial charge in [-0.3, -0.25) is 0 Å². The van der Waals surface area contributed by atoms with E-state index in [9.17, 15) is 4.79 Å². The van der Waals surface area contributed by atoms with Crippen molar-refractivity contribution in [3.8, 4) is 0 Å². The maximum absolute atomic E-state index is 10.6. The Balaban J connectivity index is 2.46. The van der Waals surface area contributed by atoms with Crippen molar-refractivity contribution in [3.63, 3.8) is 0 Å². The van der Waals surface area contributed by atoms with Crippen LogP contribution in [0.1, 0.15) is 26.7 Å². The number of hydrogen-bond donors (Lipinski definition) is 0. The molecule has 1 unspecified atom stereocenters. The van der Waals surface area contributed by atoms with E-state index in [2.05, 4.69) is 6.08 Å². The molecule has 68 valence electrons. The lowest BCUT2D eigenvalue weighted by Crippen LogP contribution is -2.00. The minimum absolute atomic E-state index is 0.252. The van der Waals surface area contributed by atoms with Crippen LogP contribution in [0, 0.1) is 0 Å². The fourth-order valence-electron chi connectivity index (χ4n) is 1.86. The van der Waals surface area contributed by atoms with Gasteiger partial charge in [0.25, 0.3) is 0 Å². The molecular formula is C11H12O2. The van der Waals surface area contributed by atoms with E-state index in [4.69, 9.17) is 4.74 Å². The lowest BCUT2D eigenvalue weighted by molar-refractivity contribution is 0.176. The molecule has 1 atom stereocenters. The summed E-state index contributed by atoms with van der Waals surface area (Å²) in [7, 11) is 0. The Kier molecular flexibility index (Phi) is 1.86. The quantitative estimate of drug-likeness (QED) is 0.529. The van der Waals surface area contributed by atoms with Gasteiger partial charge in [0.05, 0.1) is 0 Å². The van der Waals surface area contributed by atoms with Crippen molar-refractivity contribution in [2.24, 2.45) is 0 Å². The third-order valence-electron chi connectivity index (χ3n) is 2.59. The number of fused-ring (bicyclic) bond motifs is 1. The highest BCUT2D eigenvalue weighted by Gasteiger charge is 2.27. The first-order chi connectivity index (χ1) is 6.22. The number of hydrogen-bond acceptors (Lipinski definition) is 2. The van der Waals surface area contributed by atoms with E-state index in [0.29, 0.717) is 6.42 Å². The first-order valence-corrected chi connectivity index (χ1v) is 4.53. The molecule has 0 saturated carbocycles. The zero-order valence-electron chi connectivity index (χ0n) is 7.89. The summed E-state index contributed by atoms with van der Waals surface area (Å²) in [6.45, 7) is 3.98. The topological polar surface area (TPSA) is 26.3 Å². The Bertz CT molecular complexity index is 354. The van der Waals surface area contributed by atoms with Gasteiger partial charge in [0.2, 0.25) is 0 Å². The lowest BCUT2D eigenvalue weighted by atomic mass is 9.94. The van der Waals surface area contributed by atoms with Crippen molar-refractivity contribution in [3.05, 3.63) is 28.6 Å². The van der Waals surface area contributed by atoms with Crippen molar-refractivity contribution in [1.29, 1.82) is 0 Å². The second kappa shape index (κ2) is 2.90. The molecule has 2 nitrogen and oxygen atoms in total. The second-order valence-electron chi connectivity index (χ2n) is 3.60. The first kappa shape index (κ1) is 8.33. The van der Waals surface area contributed by atoms with Gasteiger partial charge in [0.15, 0.2) is 0 Å². The Hall–Kier alpha value is -1.27. The van der Waals surface area contributed by atoms with Crippen LogP contribution in [0.15, 0.2) is 28.6 Å². The molecule has 0 N–H and O–H groups in total. The van der Waals surface area contributed by atoms with E-state index >= 15 is 0 Å². The molecule has 0 aromatic heterocycles. The fourth-order valence-corrected chi connectivity index (χ4v) is 1.86. The van der Waals surface area contributed by atoms with Gasteiger partial charge in [-0.2, -0.15) is 0 Å². The molecule has 0 amide bonds. The van der Waals surface area contributed by atoms with Gasteiger partial charge in [-0.1, -0.05) is 6.08 Å². The maximum Gasteiger partial charge on any atom is 0.128 e. The minimum atomic E-state index is 0.252. The predicted octanol–water partition coefficient (Wildman–Crippen LogP) is 2.16. The normalized spacial score (nSPS) is 26.5. The number of allylic oxidation sites excluding steroid dienone is 4. The molecule has 1 fully saturated rings. The van der Waals surface area contributed by atoms with Gasteiger partial charge >= 0.3 is 0 Å². The Morgan fingerprint density at radius 1 is 1.62 bits per heavy atom. The van der Waals surface area contributed by atoms with Crippen LogP contribution in [-0.2, 0) is 9.53 Å². The maximum atomic E-state index is 10.6. The van der Waals surface area contributed by atoms with Crippen LogP contribution in [0.3, 0.4) is 0 Å². The zero-order chi connectivity index (χ0) is 9.42. The molecule has 2 rings (SSSR count). The summed E-state index contributed by atoms with van der Waals surface area (Å²) in [5.41, 5.74) is 2.95. The third kappa shape index (κ3) is 1.24. The Morgan fingerprint density at radius 3 is 3.08 bits per heavy atom. The standard InChI is InChI=1S/C11H12O2/c1-7-5-9-3-4-10(6-12)8(2)11(9)13-7/h3,7H,4-5H2,1-2H3. The van der Waals surface area contributed by atoms with Crippen molar-refractivity contribution in [2.45, 2.75) is 32.8 Å². The zero-order valence-corrected chi connectivity index (χ0v) is 7.89. The SMILES string of the molecule is CC1=C2OC(C)CC2=CCC1=C=O. The predicted molar refractivity (Wildman–Crippen MR) is 49.8 cm³/mol. The lowest BCUT2D eigenvalue weighted by Gasteiger charge is -2.12. The molecule has 0 spiro atoms. The van der Waals surface area contributed by atoms with Gasteiger partial charge in [-0.15, -0.1) is 0 Å². The Labute approximate surface area is 77.6 Å². The highest BCUT2D eigenvalue weighted by molar-refractivity contribution is 5.65. The van der Waals surface area contributed by atoms with Crippen LogP contribution in [0.2, 0.25) is 0 Å². The average Bonchev–Trinajstić information content (AvgIpc) is 2.47. The van der Waals surface area contributed by atoms with Crippen molar-refractivity contribution < 1.29 is 9.53 Å². The van der Waals surface area contributed by atoms with Crippen LogP contribution >= 0.6 is 0 Å². The van der Waals surface area contributed by atoms with Crippen LogP contribution < -0.4 is 0 Å². The van der Waals surface area contributed by atoms with E-state index in [1.54, 1.807) is 0 Å². The van der Waals surface area contributed by atoms with Crippen LogP contribution in [-0.4, -0.2) is 12.0 Å². The molecule has 1 saturated heterocycles. The monoisotopic (exact) mass is 176 g/mol.